The molecule has 0 bridgehead atoms. The van der Waals surface area contributed by atoms with Gasteiger partial charge < -0.3 is 15.0 Å². The second kappa shape index (κ2) is 5.40. The number of hydrogen-bond donors (Lipinski definition) is 2. The van der Waals surface area contributed by atoms with Gasteiger partial charge in [-0.3, -0.25) is 0 Å². The first kappa shape index (κ1) is 12.2. The average Bonchev–Trinajstić information content (AvgIpc) is 2.94. The van der Waals surface area contributed by atoms with E-state index in [1.54, 1.807) is 30.6 Å². The number of carbonyl (C=O) groups excluding carboxylic acids is 1. The molecule has 0 saturated heterocycles. The molecule has 0 unspecified atom stereocenters. The molecule has 0 spiro atoms. The van der Waals surface area contributed by atoms with Gasteiger partial charge in [0.1, 0.15) is 11.6 Å². The SMILES string of the molecule is O=C(NCc1ncccn1)Oc1ccc2[nH]ccc2c1. The smallest absolute Gasteiger partial charge is 0.410 e. The molecule has 0 aliphatic rings. The Labute approximate surface area is 114 Å². The summed E-state index contributed by atoms with van der Waals surface area (Å²) in [6, 6.07) is 9.02. The number of H-pyrrole nitrogens is 1. The summed E-state index contributed by atoms with van der Waals surface area (Å²) in [6.07, 6.45) is 4.54. The van der Waals surface area contributed by atoms with Crippen LogP contribution in [0.3, 0.4) is 0 Å². The van der Waals surface area contributed by atoms with Crippen LogP contribution >= 0.6 is 0 Å². The number of rotatable bonds is 3. The predicted octanol–water partition coefficient (Wildman–Crippen LogP) is 2.25. The van der Waals surface area contributed by atoms with Crippen molar-refractivity contribution in [2.45, 2.75) is 6.54 Å². The van der Waals surface area contributed by atoms with Crippen molar-refractivity contribution in [2.75, 3.05) is 0 Å². The van der Waals surface area contributed by atoms with Crippen LogP contribution in [0, 0.1) is 0 Å². The number of benzene rings is 1. The Morgan fingerprint density at radius 1 is 1.25 bits per heavy atom. The summed E-state index contributed by atoms with van der Waals surface area (Å²) in [4.78, 5) is 22.7. The third-order valence-corrected chi connectivity index (χ3v) is 2.75. The van der Waals surface area contributed by atoms with Crippen LogP contribution in [-0.2, 0) is 6.54 Å². The highest BCUT2D eigenvalue weighted by molar-refractivity contribution is 5.82. The molecule has 1 amide bonds. The molecule has 0 fully saturated rings. The molecule has 0 aliphatic carbocycles. The summed E-state index contributed by atoms with van der Waals surface area (Å²) in [6.45, 7) is 0.228. The van der Waals surface area contributed by atoms with Crippen LogP contribution in [0.5, 0.6) is 5.75 Å². The van der Waals surface area contributed by atoms with Crippen LogP contribution in [0.15, 0.2) is 48.9 Å². The van der Waals surface area contributed by atoms with Gasteiger partial charge in [0.05, 0.1) is 6.54 Å². The van der Waals surface area contributed by atoms with Gasteiger partial charge in [0, 0.05) is 29.5 Å². The number of aromatic amines is 1. The third-order valence-electron chi connectivity index (χ3n) is 2.75. The van der Waals surface area contributed by atoms with Crippen LogP contribution in [0.25, 0.3) is 10.9 Å². The molecule has 1 aromatic carbocycles. The summed E-state index contributed by atoms with van der Waals surface area (Å²) < 4.78 is 5.19. The van der Waals surface area contributed by atoms with E-state index in [-0.39, 0.29) is 6.54 Å². The average molecular weight is 268 g/mol. The summed E-state index contributed by atoms with van der Waals surface area (Å²) in [5, 5.41) is 3.58. The van der Waals surface area contributed by atoms with E-state index in [1.165, 1.54) is 0 Å². The van der Waals surface area contributed by atoms with Crippen molar-refractivity contribution in [2.24, 2.45) is 0 Å². The number of carbonyl (C=O) groups is 1. The molecule has 0 radical (unpaired) electrons. The summed E-state index contributed by atoms with van der Waals surface area (Å²) in [5.41, 5.74) is 0.996. The quantitative estimate of drug-likeness (QED) is 0.763. The lowest BCUT2D eigenvalue weighted by molar-refractivity contribution is 0.199. The van der Waals surface area contributed by atoms with E-state index in [9.17, 15) is 4.79 Å². The number of nitrogens with one attached hydrogen (secondary N) is 2. The van der Waals surface area contributed by atoms with E-state index in [0.29, 0.717) is 11.6 Å². The van der Waals surface area contributed by atoms with Crippen LogP contribution in [0.4, 0.5) is 4.79 Å². The Kier molecular flexibility index (Phi) is 3.28. The standard InChI is InChI=1S/C14H12N4O2/c19-14(18-9-13-16-5-1-6-17-13)20-11-2-3-12-10(8-11)4-7-15-12/h1-8,15H,9H2,(H,18,19). The first-order chi connectivity index (χ1) is 9.81. The van der Waals surface area contributed by atoms with Crippen LogP contribution in [0.2, 0.25) is 0 Å². The van der Waals surface area contributed by atoms with Gasteiger partial charge in [0.15, 0.2) is 0 Å². The van der Waals surface area contributed by atoms with Gasteiger partial charge in [-0.2, -0.15) is 0 Å². The number of amides is 1. The van der Waals surface area contributed by atoms with Crippen LogP contribution in [-0.4, -0.2) is 21.0 Å². The molecule has 20 heavy (non-hydrogen) atoms. The van der Waals surface area contributed by atoms with E-state index in [4.69, 9.17) is 4.74 Å². The fraction of sp³-hybridized carbons (Fsp3) is 0.0714. The molecule has 0 aliphatic heterocycles. The van der Waals surface area contributed by atoms with Crippen LogP contribution in [0.1, 0.15) is 5.82 Å². The van der Waals surface area contributed by atoms with Crippen molar-refractivity contribution in [3.8, 4) is 5.75 Å². The van der Waals surface area contributed by atoms with Crippen molar-refractivity contribution in [3.05, 3.63) is 54.7 Å². The topological polar surface area (TPSA) is 79.9 Å². The minimum Gasteiger partial charge on any atom is -0.410 e. The fourth-order valence-electron chi connectivity index (χ4n) is 1.81. The maximum Gasteiger partial charge on any atom is 0.412 e. The summed E-state index contributed by atoms with van der Waals surface area (Å²) in [7, 11) is 0. The van der Waals surface area contributed by atoms with Gasteiger partial charge in [0.2, 0.25) is 0 Å². The van der Waals surface area contributed by atoms with Crippen molar-refractivity contribution in [1.82, 2.24) is 20.3 Å². The Morgan fingerprint density at radius 2 is 2.10 bits per heavy atom. The zero-order chi connectivity index (χ0) is 13.8. The number of ether oxygens (including phenoxy) is 1. The molecular weight excluding hydrogens is 256 g/mol. The van der Waals surface area contributed by atoms with Gasteiger partial charge in [0.25, 0.3) is 0 Å². The minimum atomic E-state index is -0.535. The predicted molar refractivity (Wildman–Crippen MR) is 73.2 cm³/mol. The Morgan fingerprint density at radius 3 is 2.95 bits per heavy atom. The number of hydrogen-bond acceptors (Lipinski definition) is 4. The zero-order valence-electron chi connectivity index (χ0n) is 10.5. The summed E-state index contributed by atoms with van der Waals surface area (Å²) >= 11 is 0. The lowest BCUT2D eigenvalue weighted by Crippen LogP contribution is -2.27. The van der Waals surface area contributed by atoms with Gasteiger partial charge in [-0.25, -0.2) is 14.8 Å². The fourth-order valence-corrected chi connectivity index (χ4v) is 1.81. The molecular formula is C14H12N4O2. The van der Waals surface area contributed by atoms with Gasteiger partial charge in [-0.05, 0) is 30.3 Å². The maximum absolute atomic E-state index is 11.7. The molecule has 0 saturated carbocycles. The van der Waals surface area contributed by atoms with Gasteiger partial charge in [-0.15, -0.1) is 0 Å². The third kappa shape index (κ3) is 2.74. The molecule has 6 nitrogen and oxygen atoms in total. The summed E-state index contributed by atoms with van der Waals surface area (Å²) in [5.74, 6) is 1.02. The Hall–Kier alpha value is -2.89. The van der Waals surface area contributed by atoms with Crippen molar-refractivity contribution in [1.29, 1.82) is 0 Å². The Balaban J connectivity index is 1.61. The maximum atomic E-state index is 11.7. The minimum absolute atomic E-state index is 0.228. The number of fused-ring (bicyclic) bond motifs is 1. The largest absolute Gasteiger partial charge is 0.412 e. The molecule has 6 heteroatoms. The van der Waals surface area contributed by atoms with E-state index in [1.807, 2.05) is 18.3 Å². The van der Waals surface area contributed by atoms with Crippen LogP contribution < -0.4 is 10.1 Å². The molecule has 2 N–H and O–H groups in total. The van der Waals surface area contributed by atoms with Crippen molar-refractivity contribution < 1.29 is 9.53 Å². The highest BCUT2D eigenvalue weighted by atomic mass is 16.6. The Bertz CT molecular complexity index is 724. The van der Waals surface area contributed by atoms with E-state index in [0.717, 1.165) is 10.9 Å². The molecule has 3 aromatic rings. The van der Waals surface area contributed by atoms with Gasteiger partial charge >= 0.3 is 6.09 Å². The monoisotopic (exact) mass is 268 g/mol. The first-order valence-corrected chi connectivity index (χ1v) is 6.10. The molecule has 3 rings (SSSR count). The van der Waals surface area contributed by atoms with E-state index in [2.05, 4.69) is 20.3 Å². The zero-order valence-corrected chi connectivity index (χ0v) is 10.5. The normalized spacial score (nSPS) is 10.4. The van der Waals surface area contributed by atoms with E-state index < -0.39 is 6.09 Å². The van der Waals surface area contributed by atoms with Gasteiger partial charge in [-0.1, -0.05) is 0 Å². The molecule has 2 heterocycles. The van der Waals surface area contributed by atoms with Crippen molar-refractivity contribution in [3.63, 3.8) is 0 Å². The second-order valence-electron chi connectivity index (χ2n) is 4.13. The molecule has 0 atom stereocenters. The van der Waals surface area contributed by atoms with Crippen molar-refractivity contribution >= 4 is 17.0 Å². The lowest BCUT2D eigenvalue weighted by Gasteiger charge is -2.06. The highest BCUT2D eigenvalue weighted by Gasteiger charge is 2.06. The molecule has 100 valence electrons. The van der Waals surface area contributed by atoms with E-state index >= 15 is 0 Å². The number of nitrogens with zero attached hydrogens (tertiary/aromatic N) is 2. The molecule has 2 aromatic heterocycles. The highest BCUT2D eigenvalue weighted by Crippen LogP contribution is 2.19. The first-order valence-electron chi connectivity index (χ1n) is 6.10. The lowest BCUT2D eigenvalue weighted by atomic mass is 10.2. The number of aromatic nitrogens is 3. The second-order valence-corrected chi connectivity index (χ2v) is 4.13.